The average Bonchev–Trinajstić information content (AvgIpc) is 2.62. The van der Waals surface area contributed by atoms with E-state index >= 15 is 0 Å². The molecule has 27 heavy (non-hydrogen) atoms. The van der Waals surface area contributed by atoms with E-state index in [2.05, 4.69) is 10.6 Å². The van der Waals surface area contributed by atoms with Crippen molar-refractivity contribution in [1.29, 1.82) is 0 Å². The van der Waals surface area contributed by atoms with E-state index in [-0.39, 0.29) is 5.91 Å². The first-order chi connectivity index (χ1) is 12.8. The molecular weight excluding hydrogens is 346 g/mol. The molecule has 2 aromatic carbocycles. The number of nitrogens with zero attached hydrogens (tertiary/aromatic N) is 1. The van der Waals surface area contributed by atoms with Crippen molar-refractivity contribution in [2.24, 2.45) is 0 Å². The summed E-state index contributed by atoms with van der Waals surface area (Å²) in [5, 5.41) is 5.31. The third-order valence-electron chi connectivity index (χ3n) is 3.72. The highest BCUT2D eigenvalue weighted by Gasteiger charge is 2.19. The Morgan fingerprint density at radius 3 is 2.11 bits per heavy atom. The number of esters is 1. The number of carbonyl (C=O) groups excluding carboxylic acids is 3. The molecule has 0 heterocycles. The monoisotopic (exact) mass is 369 g/mol. The molecule has 7 heteroatoms. The van der Waals surface area contributed by atoms with E-state index in [1.54, 1.807) is 42.5 Å². The zero-order valence-electron chi connectivity index (χ0n) is 15.8. The van der Waals surface area contributed by atoms with E-state index in [0.29, 0.717) is 16.9 Å². The van der Waals surface area contributed by atoms with Crippen molar-refractivity contribution >= 4 is 34.8 Å². The molecule has 7 nitrogen and oxygen atoms in total. The van der Waals surface area contributed by atoms with E-state index < -0.39 is 18.0 Å². The summed E-state index contributed by atoms with van der Waals surface area (Å²) in [6, 6.07) is 13.6. The van der Waals surface area contributed by atoms with Gasteiger partial charge in [0.1, 0.15) is 0 Å². The Hall–Kier alpha value is -3.35. The van der Waals surface area contributed by atoms with Crippen molar-refractivity contribution in [3.8, 4) is 0 Å². The molecule has 0 aliphatic heterocycles. The van der Waals surface area contributed by atoms with E-state index in [0.717, 1.165) is 5.69 Å². The molecule has 0 fully saturated rings. The fourth-order valence-corrected chi connectivity index (χ4v) is 2.28. The van der Waals surface area contributed by atoms with Gasteiger partial charge in [0, 0.05) is 38.1 Å². The van der Waals surface area contributed by atoms with Crippen LogP contribution in [0.3, 0.4) is 0 Å². The molecular formula is C20H23N3O4. The highest BCUT2D eigenvalue weighted by Crippen LogP contribution is 2.16. The Labute approximate surface area is 158 Å². The van der Waals surface area contributed by atoms with Gasteiger partial charge in [0.15, 0.2) is 6.10 Å². The second-order valence-corrected chi connectivity index (χ2v) is 6.24. The maximum atomic E-state index is 12.3. The summed E-state index contributed by atoms with van der Waals surface area (Å²) in [5.74, 6) is -1.19. The number of nitrogens with one attached hydrogen (secondary N) is 2. The molecule has 0 saturated heterocycles. The molecule has 2 rings (SSSR count). The van der Waals surface area contributed by atoms with Crippen LogP contribution in [0.4, 0.5) is 17.1 Å². The average molecular weight is 369 g/mol. The van der Waals surface area contributed by atoms with Crippen LogP contribution in [-0.2, 0) is 14.3 Å². The first kappa shape index (κ1) is 20.0. The zero-order chi connectivity index (χ0) is 20.0. The first-order valence-electron chi connectivity index (χ1n) is 8.43. The van der Waals surface area contributed by atoms with Gasteiger partial charge in [-0.15, -0.1) is 0 Å². The van der Waals surface area contributed by atoms with Crippen LogP contribution in [0.1, 0.15) is 24.2 Å². The minimum Gasteiger partial charge on any atom is -0.449 e. The molecule has 0 radical (unpaired) electrons. The Morgan fingerprint density at radius 2 is 1.56 bits per heavy atom. The van der Waals surface area contributed by atoms with Gasteiger partial charge in [0.2, 0.25) is 5.91 Å². The Bertz CT molecular complexity index is 831. The summed E-state index contributed by atoms with van der Waals surface area (Å²) in [5.41, 5.74) is 2.40. The van der Waals surface area contributed by atoms with Crippen molar-refractivity contribution in [3.05, 3.63) is 54.1 Å². The van der Waals surface area contributed by atoms with Gasteiger partial charge in [-0.3, -0.25) is 9.59 Å². The van der Waals surface area contributed by atoms with E-state index in [1.807, 2.05) is 25.1 Å². The molecule has 1 atom stereocenters. The van der Waals surface area contributed by atoms with E-state index in [4.69, 9.17) is 4.74 Å². The molecule has 0 aliphatic carbocycles. The molecule has 0 aromatic heterocycles. The van der Waals surface area contributed by atoms with Gasteiger partial charge in [-0.05, 0) is 49.4 Å². The third-order valence-corrected chi connectivity index (χ3v) is 3.72. The van der Waals surface area contributed by atoms with Crippen LogP contribution >= 0.6 is 0 Å². The lowest BCUT2D eigenvalue weighted by Crippen LogP contribution is -2.30. The van der Waals surface area contributed by atoms with Gasteiger partial charge in [-0.1, -0.05) is 6.07 Å². The van der Waals surface area contributed by atoms with Crippen LogP contribution in [0.2, 0.25) is 0 Å². The predicted molar refractivity (Wildman–Crippen MR) is 105 cm³/mol. The lowest BCUT2D eigenvalue weighted by Gasteiger charge is -2.16. The minimum atomic E-state index is -0.962. The lowest BCUT2D eigenvalue weighted by atomic mass is 10.2. The molecule has 0 spiro atoms. The normalized spacial score (nSPS) is 11.3. The van der Waals surface area contributed by atoms with Crippen LogP contribution in [-0.4, -0.2) is 38.0 Å². The van der Waals surface area contributed by atoms with Gasteiger partial charge >= 0.3 is 5.97 Å². The van der Waals surface area contributed by atoms with E-state index in [9.17, 15) is 14.4 Å². The van der Waals surface area contributed by atoms with Crippen molar-refractivity contribution in [1.82, 2.24) is 0 Å². The first-order valence-corrected chi connectivity index (χ1v) is 8.43. The molecule has 142 valence electrons. The van der Waals surface area contributed by atoms with Gasteiger partial charge in [-0.25, -0.2) is 4.79 Å². The summed E-state index contributed by atoms with van der Waals surface area (Å²) < 4.78 is 5.26. The topological polar surface area (TPSA) is 87.7 Å². The van der Waals surface area contributed by atoms with Gasteiger partial charge < -0.3 is 20.3 Å². The molecule has 0 saturated carbocycles. The van der Waals surface area contributed by atoms with Crippen molar-refractivity contribution in [2.45, 2.75) is 20.0 Å². The summed E-state index contributed by atoms with van der Waals surface area (Å²) >= 11 is 0. The van der Waals surface area contributed by atoms with Gasteiger partial charge in [-0.2, -0.15) is 0 Å². The van der Waals surface area contributed by atoms with Gasteiger partial charge in [0.05, 0.1) is 5.56 Å². The molecule has 0 aliphatic rings. The molecule has 2 aromatic rings. The number of carbonyl (C=O) groups is 3. The number of hydrogen-bond acceptors (Lipinski definition) is 5. The molecule has 0 unspecified atom stereocenters. The fraction of sp³-hybridized carbons (Fsp3) is 0.250. The van der Waals surface area contributed by atoms with Crippen molar-refractivity contribution < 1.29 is 19.1 Å². The van der Waals surface area contributed by atoms with Crippen LogP contribution in [0.15, 0.2) is 48.5 Å². The van der Waals surface area contributed by atoms with Crippen molar-refractivity contribution in [2.75, 3.05) is 29.6 Å². The largest absolute Gasteiger partial charge is 0.449 e. The number of ether oxygens (including phenoxy) is 1. The highest BCUT2D eigenvalue weighted by atomic mass is 16.5. The van der Waals surface area contributed by atoms with Crippen LogP contribution in [0.5, 0.6) is 0 Å². The number of anilines is 3. The van der Waals surface area contributed by atoms with E-state index in [1.165, 1.54) is 13.8 Å². The van der Waals surface area contributed by atoms with Crippen LogP contribution < -0.4 is 15.5 Å². The minimum absolute atomic E-state index is 0.175. The number of hydrogen-bond donors (Lipinski definition) is 2. The Balaban J connectivity index is 1.96. The molecule has 2 N–H and O–H groups in total. The SMILES string of the molecule is CC(=O)Nc1ccc(NC(=O)[C@@H](C)OC(=O)c2cccc(N(C)C)c2)cc1. The lowest BCUT2D eigenvalue weighted by molar-refractivity contribution is -0.123. The summed E-state index contributed by atoms with van der Waals surface area (Å²) in [6.07, 6.45) is -0.962. The summed E-state index contributed by atoms with van der Waals surface area (Å²) in [4.78, 5) is 37.4. The second kappa shape index (κ2) is 8.84. The van der Waals surface area contributed by atoms with Crippen LogP contribution in [0.25, 0.3) is 0 Å². The number of benzene rings is 2. The fourth-order valence-electron chi connectivity index (χ4n) is 2.28. The number of rotatable bonds is 6. The smallest absolute Gasteiger partial charge is 0.338 e. The number of amides is 2. The van der Waals surface area contributed by atoms with Crippen molar-refractivity contribution in [3.63, 3.8) is 0 Å². The maximum absolute atomic E-state index is 12.3. The Morgan fingerprint density at radius 1 is 0.963 bits per heavy atom. The second-order valence-electron chi connectivity index (χ2n) is 6.24. The van der Waals surface area contributed by atoms with Gasteiger partial charge in [0.25, 0.3) is 5.91 Å². The summed E-state index contributed by atoms with van der Waals surface area (Å²) in [7, 11) is 3.75. The third kappa shape index (κ3) is 5.85. The van der Waals surface area contributed by atoms with Crippen LogP contribution in [0, 0.1) is 0 Å². The highest BCUT2D eigenvalue weighted by molar-refractivity contribution is 5.98. The quantitative estimate of drug-likeness (QED) is 0.765. The maximum Gasteiger partial charge on any atom is 0.338 e. The Kier molecular flexibility index (Phi) is 6.54. The zero-order valence-corrected chi connectivity index (χ0v) is 15.8. The molecule has 2 amide bonds. The predicted octanol–water partition coefficient (Wildman–Crippen LogP) is 2.90. The standard InChI is InChI=1S/C20H23N3O4/c1-13(27-20(26)15-6-5-7-18(12-15)23(3)4)19(25)22-17-10-8-16(9-11-17)21-14(2)24/h5-13H,1-4H3,(H,21,24)(H,22,25)/t13-/m1/s1. The molecule has 0 bridgehead atoms. The summed E-state index contributed by atoms with van der Waals surface area (Å²) in [6.45, 7) is 2.93.